The number of methoxy groups -OCH3 is 1. The third-order valence-corrected chi connectivity index (χ3v) is 7.11. The van der Waals surface area contributed by atoms with Gasteiger partial charge in [-0.05, 0) is 37.3 Å². The van der Waals surface area contributed by atoms with Gasteiger partial charge in [0, 0.05) is 36.7 Å². The number of amides is 1. The molecule has 4 heterocycles. The summed E-state index contributed by atoms with van der Waals surface area (Å²) in [5.41, 5.74) is 2.20. The first kappa shape index (κ1) is 16.8. The monoisotopic (exact) mass is 368 g/mol. The molecular weight excluding hydrogens is 344 g/mol. The van der Waals surface area contributed by atoms with E-state index in [-0.39, 0.29) is 35.6 Å². The average Bonchev–Trinajstić information content (AvgIpc) is 3.09. The van der Waals surface area contributed by atoms with Gasteiger partial charge in [-0.15, -0.1) is 0 Å². The topological polar surface area (TPSA) is 67.9 Å². The number of nitrogens with zero attached hydrogens (tertiary/aromatic N) is 1. The Morgan fingerprint density at radius 2 is 2.22 bits per heavy atom. The first-order valence-corrected chi connectivity index (χ1v) is 9.52. The van der Waals surface area contributed by atoms with Gasteiger partial charge in [0.05, 0.1) is 31.1 Å². The molecule has 0 radical (unpaired) electrons. The summed E-state index contributed by atoms with van der Waals surface area (Å²) in [5, 5.41) is 3.70. The van der Waals surface area contributed by atoms with Crippen molar-refractivity contribution in [3.63, 3.8) is 0 Å². The van der Waals surface area contributed by atoms with Crippen molar-refractivity contribution in [2.24, 2.45) is 11.8 Å². The van der Waals surface area contributed by atoms with Gasteiger partial charge in [0.1, 0.15) is 5.75 Å². The van der Waals surface area contributed by atoms with Crippen molar-refractivity contribution in [3.05, 3.63) is 35.6 Å². The van der Waals surface area contributed by atoms with E-state index in [0.29, 0.717) is 6.61 Å². The van der Waals surface area contributed by atoms with E-state index < -0.39 is 5.41 Å². The summed E-state index contributed by atoms with van der Waals surface area (Å²) in [7, 11) is 3.48. The molecule has 2 bridgehead atoms. The fraction of sp³-hybridized carbons (Fsp3) is 0.524. The van der Waals surface area contributed by atoms with Gasteiger partial charge < -0.3 is 19.7 Å². The molecule has 0 aromatic heterocycles. The van der Waals surface area contributed by atoms with Crippen molar-refractivity contribution >= 4 is 17.4 Å². The van der Waals surface area contributed by atoms with Crippen LogP contribution in [0.25, 0.3) is 0 Å². The molecule has 0 aliphatic carbocycles. The van der Waals surface area contributed by atoms with E-state index in [1.165, 1.54) is 0 Å². The van der Waals surface area contributed by atoms with Gasteiger partial charge in [-0.25, -0.2) is 0 Å². The zero-order valence-electron chi connectivity index (χ0n) is 15.8. The van der Waals surface area contributed by atoms with E-state index >= 15 is 0 Å². The normalized spacial score (nSPS) is 36.2. The molecule has 5 rings (SSSR count). The van der Waals surface area contributed by atoms with Crippen LogP contribution in [0.3, 0.4) is 0 Å². The number of Topliss-reactive ketones (excluding diaryl/α,β-unsaturated/α-hetero) is 1. The number of carbonyl (C=O) groups excluding carboxylic acids is 2. The highest BCUT2D eigenvalue weighted by atomic mass is 16.5. The fourth-order valence-electron chi connectivity index (χ4n) is 5.82. The zero-order chi connectivity index (χ0) is 18.9. The van der Waals surface area contributed by atoms with Gasteiger partial charge in [0.15, 0.2) is 5.78 Å². The lowest BCUT2D eigenvalue weighted by molar-refractivity contribution is -0.123. The van der Waals surface area contributed by atoms with Gasteiger partial charge >= 0.3 is 0 Å². The summed E-state index contributed by atoms with van der Waals surface area (Å²) in [6, 6.07) is 6.12. The number of likely N-dealkylation sites (N-methyl/N-ethyl adjacent to an activating group) is 1. The van der Waals surface area contributed by atoms with Crippen LogP contribution in [-0.2, 0) is 19.7 Å². The highest BCUT2D eigenvalue weighted by Crippen LogP contribution is 2.56. The average molecular weight is 368 g/mol. The number of nitrogens with one attached hydrogen (secondary N) is 1. The van der Waals surface area contributed by atoms with Crippen LogP contribution in [-0.4, -0.2) is 44.5 Å². The molecule has 142 valence electrons. The molecule has 1 aromatic carbocycles. The molecule has 4 aliphatic rings. The van der Waals surface area contributed by atoms with Crippen LogP contribution in [0, 0.1) is 11.8 Å². The minimum Gasteiger partial charge on any atom is -0.500 e. The maximum atomic E-state index is 13.5. The number of carbonyl (C=O) groups is 2. The van der Waals surface area contributed by atoms with Gasteiger partial charge in [-0.1, -0.05) is 6.07 Å². The largest absolute Gasteiger partial charge is 0.500 e. The van der Waals surface area contributed by atoms with Gasteiger partial charge in [-0.3, -0.25) is 9.59 Å². The first-order valence-electron chi connectivity index (χ1n) is 9.52. The third kappa shape index (κ3) is 2.05. The maximum absolute atomic E-state index is 13.5. The van der Waals surface area contributed by atoms with Crippen molar-refractivity contribution in [2.75, 3.05) is 25.7 Å². The Bertz CT molecular complexity index is 879. The summed E-state index contributed by atoms with van der Waals surface area (Å²) in [6.07, 6.45) is 3.17. The molecule has 0 saturated carbocycles. The quantitative estimate of drug-likeness (QED) is 0.862. The Labute approximate surface area is 158 Å². The number of ether oxygens (including phenoxy) is 2. The summed E-state index contributed by atoms with van der Waals surface area (Å²) < 4.78 is 11.0. The van der Waals surface area contributed by atoms with Crippen molar-refractivity contribution in [2.45, 2.75) is 37.3 Å². The number of allylic oxidation sites excluding steroid dienone is 1. The van der Waals surface area contributed by atoms with E-state index in [1.807, 2.05) is 25.2 Å². The predicted octanol–water partition coefficient (Wildman–Crippen LogP) is 1.78. The minimum absolute atomic E-state index is 0.0224. The molecule has 1 spiro atoms. The van der Waals surface area contributed by atoms with Crippen LogP contribution in [0.15, 0.2) is 30.0 Å². The second-order valence-electron chi connectivity index (χ2n) is 8.22. The fourth-order valence-corrected chi connectivity index (χ4v) is 5.82. The molecule has 4 aliphatic heterocycles. The Morgan fingerprint density at radius 3 is 2.96 bits per heavy atom. The van der Waals surface area contributed by atoms with Crippen LogP contribution >= 0.6 is 0 Å². The van der Waals surface area contributed by atoms with Crippen LogP contribution in [0.5, 0.6) is 5.75 Å². The van der Waals surface area contributed by atoms with Gasteiger partial charge in [0.25, 0.3) is 0 Å². The number of anilines is 1. The van der Waals surface area contributed by atoms with Crippen molar-refractivity contribution < 1.29 is 19.1 Å². The lowest BCUT2D eigenvalue weighted by Crippen LogP contribution is -2.53. The second-order valence-corrected chi connectivity index (χ2v) is 8.22. The molecule has 1 N–H and O–H groups in total. The molecule has 2 saturated heterocycles. The number of hydrogen-bond donors (Lipinski definition) is 1. The van der Waals surface area contributed by atoms with Crippen LogP contribution < -0.4 is 15.0 Å². The molecule has 27 heavy (non-hydrogen) atoms. The Kier molecular flexibility index (Phi) is 3.47. The summed E-state index contributed by atoms with van der Waals surface area (Å²) >= 11 is 0. The number of ketones is 1. The van der Waals surface area contributed by atoms with Gasteiger partial charge in [0.2, 0.25) is 5.91 Å². The van der Waals surface area contributed by atoms with Crippen LogP contribution in [0.1, 0.15) is 25.3 Å². The Morgan fingerprint density at radius 1 is 1.41 bits per heavy atom. The molecular formula is C21H24N2O4. The van der Waals surface area contributed by atoms with E-state index in [2.05, 4.69) is 5.32 Å². The zero-order valence-corrected chi connectivity index (χ0v) is 15.8. The molecule has 1 amide bonds. The highest BCUT2D eigenvalue weighted by molar-refractivity contribution is 6.09. The summed E-state index contributed by atoms with van der Waals surface area (Å²) in [5.74, 6) is 1.35. The molecule has 5 atom stereocenters. The number of benzene rings is 1. The highest BCUT2D eigenvalue weighted by Gasteiger charge is 2.64. The van der Waals surface area contributed by atoms with E-state index in [9.17, 15) is 9.59 Å². The number of hydrogen-bond acceptors (Lipinski definition) is 5. The standard InChI is InChI=1S/C21H24N2O4/c1-11(24)14-9-27-10-15-13(14)7-19-21(8-17(15)22-19)16-5-4-12(26-3)6-18(16)23(2)20(21)25/h4-6,9,13,15,17,19,22H,7-8,10H2,1-3H3. The lowest BCUT2D eigenvalue weighted by atomic mass is 9.72. The number of rotatable bonds is 2. The first-order chi connectivity index (χ1) is 13.0. The molecule has 6 nitrogen and oxygen atoms in total. The SMILES string of the molecule is COc1ccc2c(c1)N(C)C(=O)C21CC2NC1CC1C(C(C)=O)=COCC21. The summed E-state index contributed by atoms with van der Waals surface area (Å²) in [4.78, 5) is 27.4. The van der Waals surface area contributed by atoms with Gasteiger partial charge in [-0.2, -0.15) is 0 Å². The molecule has 2 fully saturated rings. The van der Waals surface area contributed by atoms with Crippen molar-refractivity contribution in [1.82, 2.24) is 5.32 Å². The predicted molar refractivity (Wildman–Crippen MR) is 99.7 cm³/mol. The number of piperidine rings is 1. The maximum Gasteiger partial charge on any atom is 0.239 e. The molecule has 5 unspecified atom stereocenters. The van der Waals surface area contributed by atoms with Crippen molar-refractivity contribution in [3.8, 4) is 5.75 Å². The second kappa shape index (κ2) is 5.58. The molecule has 1 aromatic rings. The molecule has 6 heteroatoms. The van der Waals surface area contributed by atoms with E-state index in [0.717, 1.165) is 35.4 Å². The van der Waals surface area contributed by atoms with Crippen LogP contribution in [0.4, 0.5) is 5.69 Å². The van der Waals surface area contributed by atoms with E-state index in [4.69, 9.17) is 9.47 Å². The Hall–Kier alpha value is -2.34. The van der Waals surface area contributed by atoms with Crippen LogP contribution in [0.2, 0.25) is 0 Å². The summed E-state index contributed by atoms with van der Waals surface area (Å²) in [6.45, 7) is 2.20. The third-order valence-electron chi connectivity index (χ3n) is 7.11. The van der Waals surface area contributed by atoms with E-state index in [1.54, 1.807) is 25.2 Å². The smallest absolute Gasteiger partial charge is 0.239 e. The number of fused-ring (bicyclic) bond motifs is 7. The lowest BCUT2D eigenvalue weighted by Gasteiger charge is -2.41. The van der Waals surface area contributed by atoms with Crippen molar-refractivity contribution in [1.29, 1.82) is 0 Å². The minimum atomic E-state index is -0.569. The Balaban J connectivity index is 1.60.